The maximum Gasteiger partial charge on any atom is 0.451 e. The summed E-state index contributed by atoms with van der Waals surface area (Å²) in [6.45, 7) is 0. The summed E-state index contributed by atoms with van der Waals surface area (Å²) in [6, 6.07) is 15.5. The molecule has 0 radical (unpaired) electrons. The predicted molar refractivity (Wildman–Crippen MR) is 118 cm³/mol. The van der Waals surface area contributed by atoms with Gasteiger partial charge in [-0.15, -0.1) is 0 Å². The lowest BCUT2D eigenvalue weighted by atomic mass is 9.68. The highest BCUT2D eigenvalue weighted by molar-refractivity contribution is 6.40. The predicted octanol–water partition coefficient (Wildman–Crippen LogP) is 3.84. The van der Waals surface area contributed by atoms with Crippen molar-refractivity contribution in [3.8, 4) is 11.1 Å². The number of hydrogen-bond acceptors (Lipinski definition) is 5. The summed E-state index contributed by atoms with van der Waals surface area (Å²) in [6.07, 6.45) is 8.21. The van der Waals surface area contributed by atoms with Crippen LogP contribution in [0.1, 0.15) is 44.1 Å². The lowest BCUT2D eigenvalue weighted by molar-refractivity contribution is -0.191. The van der Waals surface area contributed by atoms with E-state index in [4.69, 9.17) is 25.4 Å². The van der Waals surface area contributed by atoms with Gasteiger partial charge in [-0.3, -0.25) is 0 Å². The van der Waals surface area contributed by atoms with Crippen molar-refractivity contribution in [2.45, 2.75) is 57.3 Å². The van der Waals surface area contributed by atoms with Gasteiger partial charge in [-0.2, -0.15) is 9.59 Å². The fraction of sp³-hybridized carbons (Fsp3) is 0.458. The van der Waals surface area contributed by atoms with E-state index in [0.29, 0.717) is 12.2 Å². The van der Waals surface area contributed by atoms with E-state index in [0.717, 1.165) is 42.7 Å². The van der Waals surface area contributed by atoms with Gasteiger partial charge in [0.15, 0.2) is 0 Å². The molecule has 7 heteroatoms. The van der Waals surface area contributed by atoms with Gasteiger partial charge in [-0.25, -0.2) is 4.39 Å². The monoisotopic (exact) mass is 427 g/mol. The van der Waals surface area contributed by atoms with Crippen molar-refractivity contribution in [3.05, 3.63) is 59.9 Å². The highest BCUT2D eigenvalue weighted by Gasteiger charge is 2.32. The van der Waals surface area contributed by atoms with Crippen molar-refractivity contribution >= 4 is 13.3 Å². The molecule has 31 heavy (non-hydrogen) atoms. The first-order valence-corrected chi connectivity index (χ1v) is 10.9. The molecule has 0 bridgehead atoms. The molecule has 1 fully saturated rings. The third-order valence-electron chi connectivity index (χ3n) is 6.10. The number of carbonyl (C=O) groups excluding carboxylic acids is 2. The Kier molecular flexibility index (Phi) is 10.6. The standard InChI is InChI=1S/C23H31BFNO2.CO2/c25-22-12-10-20(11-13-22)19-8-6-17(7-9-19)4-5-18-15-21(16-18)23(26)3-1-2-14-24(27)28;2-1-3/h6-13,18,21,23,27-28H,1-5,14-16,26H2;. The van der Waals surface area contributed by atoms with Gasteiger partial charge in [-0.1, -0.05) is 49.2 Å². The van der Waals surface area contributed by atoms with Crippen molar-refractivity contribution in [2.75, 3.05) is 0 Å². The van der Waals surface area contributed by atoms with E-state index in [9.17, 15) is 4.39 Å². The first kappa shape index (κ1) is 25.0. The molecule has 1 atom stereocenters. The van der Waals surface area contributed by atoms with Crippen LogP contribution in [0, 0.1) is 17.7 Å². The molecule has 4 N–H and O–H groups in total. The average molecular weight is 427 g/mol. The number of rotatable bonds is 10. The Morgan fingerprint density at radius 1 is 1.00 bits per heavy atom. The van der Waals surface area contributed by atoms with Crippen LogP contribution in [0.15, 0.2) is 48.5 Å². The number of benzene rings is 2. The van der Waals surface area contributed by atoms with Crippen molar-refractivity contribution in [1.82, 2.24) is 0 Å². The molecule has 0 aromatic heterocycles. The quantitative estimate of drug-likeness (QED) is 0.395. The summed E-state index contributed by atoms with van der Waals surface area (Å²) in [5.41, 5.74) is 9.80. The van der Waals surface area contributed by atoms with E-state index in [1.165, 1.54) is 37.0 Å². The van der Waals surface area contributed by atoms with E-state index >= 15 is 0 Å². The molecule has 1 unspecified atom stereocenters. The summed E-state index contributed by atoms with van der Waals surface area (Å²) in [5.74, 6) is 1.19. The lowest BCUT2D eigenvalue weighted by Crippen LogP contribution is -2.39. The van der Waals surface area contributed by atoms with E-state index in [1.54, 1.807) is 0 Å². The van der Waals surface area contributed by atoms with Gasteiger partial charge >= 0.3 is 13.3 Å². The van der Waals surface area contributed by atoms with E-state index in [1.807, 2.05) is 12.1 Å². The van der Waals surface area contributed by atoms with Crippen molar-refractivity contribution in [2.24, 2.45) is 17.6 Å². The van der Waals surface area contributed by atoms with E-state index < -0.39 is 7.12 Å². The largest absolute Gasteiger partial charge is 0.451 e. The Hall–Kier alpha value is -2.31. The minimum Gasteiger partial charge on any atom is -0.427 e. The van der Waals surface area contributed by atoms with Gasteiger partial charge in [0.2, 0.25) is 0 Å². The van der Waals surface area contributed by atoms with Gasteiger partial charge in [0.25, 0.3) is 0 Å². The Labute approximate surface area is 183 Å². The topological polar surface area (TPSA) is 101 Å². The highest BCUT2D eigenvalue weighted by atomic mass is 19.1. The van der Waals surface area contributed by atoms with Crippen molar-refractivity contribution in [1.29, 1.82) is 0 Å². The van der Waals surface area contributed by atoms with Crippen LogP contribution in [0.3, 0.4) is 0 Å². The second-order valence-electron chi connectivity index (χ2n) is 8.35. The van der Waals surface area contributed by atoms with Gasteiger partial charge < -0.3 is 15.8 Å². The molecule has 3 rings (SSSR count). The molecule has 0 spiro atoms. The SMILES string of the molecule is NC(CCCCB(O)O)C1CC(CCc2ccc(-c3ccc(F)cc3)cc2)C1.O=C=O. The maximum absolute atomic E-state index is 13.0. The first-order chi connectivity index (χ1) is 14.9. The van der Waals surface area contributed by atoms with Gasteiger partial charge in [0.1, 0.15) is 5.82 Å². The number of hydrogen-bond donors (Lipinski definition) is 3. The minimum atomic E-state index is -1.19. The first-order valence-electron chi connectivity index (χ1n) is 10.9. The van der Waals surface area contributed by atoms with Gasteiger partial charge in [0.05, 0.1) is 0 Å². The zero-order chi connectivity index (χ0) is 22.6. The fourth-order valence-electron chi connectivity index (χ4n) is 4.19. The molecule has 2 aromatic carbocycles. The molecule has 0 amide bonds. The number of aryl methyl sites for hydroxylation is 1. The van der Waals surface area contributed by atoms with Crippen LogP contribution >= 0.6 is 0 Å². The second-order valence-corrected chi connectivity index (χ2v) is 8.35. The summed E-state index contributed by atoms with van der Waals surface area (Å²) in [7, 11) is -1.19. The fourth-order valence-corrected chi connectivity index (χ4v) is 4.19. The normalized spacial score (nSPS) is 18.2. The molecule has 166 valence electrons. The summed E-state index contributed by atoms with van der Waals surface area (Å²) < 4.78 is 13.0. The lowest BCUT2D eigenvalue weighted by Gasteiger charge is -2.39. The molecule has 0 saturated heterocycles. The molecule has 0 aliphatic heterocycles. The van der Waals surface area contributed by atoms with E-state index in [-0.39, 0.29) is 18.0 Å². The third-order valence-corrected chi connectivity index (χ3v) is 6.10. The Balaban J connectivity index is 0.00000107. The Morgan fingerprint density at radius 2 is 1.55 bits per heavy atom. The van der Waals surface area contributed by atoms with Crippen LogP contribution in [-0.4, -0.2) is 29.4 Å². The molecular formula is C24H31BFNO4. The summed E-state index contributed by atoms with van der Waals surface area (Å²) in [4.78, 5) is 16.2. The Bertz CT molecular complexity index is 801. The minimum absolute atomic E-state index is 0.206. The molecular weight excluding hydrogens is 396 g/mol. The molecule has 1 aliphatic carbocycles. The second kappa shape index (κ2) is 13.2. The zero-order valence-corrected chi connectivity index (χ0v) is 17.8. The maximum atomic E-state index is 13.0. The molecule has 0 heterocycles. The summed E-state index contributed by atoms with van der Waals surface area (Å²) in [5, 5.41) is 17.7. The van der Waals surface area contributed by atoms with Crippen molar-refractivity contribution in [3.63, 3.8) is 0 Å². The summed E-state index contributed by atoms with van der Waals surface area (Å²) >= 11 is 0. The zero-order valence-electron chi connectivity index (χ0n) is 17.8. The van der Waals surface area contributed by atoms with Crippen LogP contribution in [0.25, 0.3) is 11.1 Å². The van der Waals surface area contributed by atoms with Gasteiger partial charge in [-0.05, 0) is 79.1 Å². The molecule has 1 aliphatic rings. The average Bonchev–Trinajstić information content (AvgIpc) is 2.71. The van der Waals surface area contributed by atoms with Crippen LogP contribution in [0.2, 0.25) is 6.32 Å². The molecule has 2 aromatic rings. The van der Waals surface area contributed by atoms with Crippen LogP contribution in [0.5, 0.6) is 0 Å². The van der Waals surface area contributed by atoms with Crippen LogP contribution < -0.4 is 5.73 Å². The number of unbranched alkanes of at least 4 members (excludes halogenated alkanes) is 1. The molecule has 1 saturated carbocycles. The molecule has 5 nitrogen and oxygen atoms in total. The van der Waals surface area contributed by atoms with Crippen LogP contribution in [-0.2, 0) is 16.0 Å². The van der Waals surface area contributed by atoms with E-state index in [2.05, 4.69) is 24.3 Å². The Morgan fingerprint density at radius 3 is 2.10 bits per heavy atom. The van der Waals surface area contributed by atoms with Crippen LogP contribution in [0.4, 0.5) is 4.39 Å². The van der Waals surface area contributed by atoms with Gasteiger partial charge in [0, 0.05) is 6.04 Å². The smallest absolute Gasteiger partial charge is 0.427 e. The number of nitrogens with two attached hydrogens (primary N) is 1. The third kappa shape index (κ3) is 8.76. The number of halogens is 1. The van der Waals surface area contributed by atoms with Crippen molar-refractivity contribution < 1.29 is 24.0 Å². The highest BCUT2D eigenvalue weighted by Crippen LogP contribution is 2.39.